The topological polar surface area (TPSA) is 29.9 Å². The van der Waals surface area contributed by atoms with Crippen molar-refractivity contribution in [1.82, 2.24) is 14.9 Å². The molecule has 4 rings (SSSR count). The number of fused-ring (bicyclic) bond motifs is 3. The number of hydrogen-bond acceptors (Lipinski definition) is 2. The number of aromatic nitrogens is 2. The average molecular weight is 290 g/mol. The van der Waals surface area contributed by atoms with Crippen LogP contribution in [0.4, 0.5) is 0 Å². The summed E-state index contributed by atoms with van der Waals surface area (Å²) in [5.74, 6) is 1.80. The van der Waals surface area contributed by atoms with Crippen LogP contribution in [-0.2, 0) is 6.54 Å². The van der Waals surface area contributed by atoms with Gasteiger partial charge in [0.05, 0.1) is 16.1 Å². The van der Waals surface area contributed by atoms with Crippen molar-refractivity contribution >= 4 is 22.6 Å². The SMILES string of the molecule is CCCn1c(C2CC3CCC2N3)nc2cccc(Cl)c21. The number of aryl methyl sites for hydroxylation is 1. The molecule has 3 unspecified atom stereocenters. The molecular formula is C16H20ClN3. The molecule has 2 aromatic rings. The predicted molar refractivity (Wildman–Crippen MR) is 82.3 cm³/mol. The van der Waals surface area contributed by atoms with Crippen molar-refractivity contribution in [3.8, 4) is 0 Å². The molecule has 2 fully saturated rings. The van der Waals surface area contributed by atoms with Crippen molar-refractivity contribution in [3.63, 3.8) is 0 Å². The van der Waals surface area contributed by atoms with Crippen molar-refractivity contribution < 1.29 is 0 Å². The van der Waals surface area contributed by atoms with Gasteiger partial charge in [-0.2, -0.15) is 0 Å². The van der Waals surface area contributed by atoms with E-state index >= 15 is 0 Å². The van der Waals surface area contributed by atoms with Crippen LogP contribution in [0.3, 0.4) is 0 Å². The maximum atomic E-state index is 6.42. The minimum atomic E-state index is 0.559. The third-order valence-electron chi connectivity index (χ3n) is 4.83. The maximum absolute atomic E-state index is 6.42. The molecule has 1 aromatic carbocycles. The van der Waals surface area contributed by atoms with Crippen molar-refractivity contribution in [2.45, 2.75) is 57.2 Å². The number of rotatable bonds is 3. The van der Waals surface area contributed by atoms with Gasteiger partial charge in [-0.1, -0.05) is 24.6 Å². The molecule has 4 heteroatoms. The first-order valence-corrected chi connectivity index (χ1v) is 8.06. The summed E-state index contributed by atoms with van der Waals surface area (Å²) in [6.07, 6.45) is 4.96. The van der Waals surface area contributed by atoms with Crippen molar-refractivity contribution in [2.75, 3.05) is 0 Å². The molecule has 1 N–H and O–H groups in total. The monoisotopic (exact) mass is 289 g/mol. The highest BCUT2D eigenvalue weighted by atomic mass is 35.5. The second-order valence-electron chi connectivity index (χ2n) is 6.12. The fourth-order valence-electron chi connectivity index (χ4n) is 4.00. The highest BCUT2D eigenvalue weighted by Gasteiger charge is 2.42. The third kappa shape index (κ3) is 1.80. The lowest BCUT2D eigenvalue weighted by molar-refractivity contribution is 0.467. The fraction of sp³-hybridized carbons (Fsp3) is 0.562. The Bertz CT molecular complexity index is 648. The van der Waals surface area contributed by atoms with Crippen molar-refractivity contribution in [3.05, 3.63) is 29.0 Å². The van der Waals surface area contributed by atoms with Crippen molar-refractivity contribution in [2.24, 2.45) is 0 Å². The van der Waals surface area contributed by atoms with Crippen LogP contribution in [0.2, 0.25) is 5.02 Å². The molecule has 1 aromatic heterocycles. The zero-order valence-corrected chi connectivity index (χ0v) is 12.5. The van der Waals surface area contributed by atoms with Gasteiger partial charge in [0, 0.05) is 24.5 Å². The van der Waals surface area contributed by atoms with Crippen LogP contribution in [0.1, 0.15) is 44.3 Å². The standard InChI is InChI=1S/C16H20ClN3/c1-2-8-20-15-12(17)4-3-5-14(15)19-16(20)11-9-10-6-7-13(11)18-10/h3-5,10-11,13,18H,2,6-9H2,1H3. The van der Waals surface area contributed by atoms with E-state index in [-0.39, 0.29) is 0 Å². The average Bonchev–Trinajstić information content (AvgIpc) is 3.13. The minimum Gasteiger partial charge on any atom is -0.326 e. The molecular weight excluding hydrogens is 270 g/mol. The van der Waals surface area contributed by atoms with E-state index in [1.807, 2.05) is 12.1 Å². The predicted octanol–water partition coefficient (Wildman–Crippen LogP) is 3.71. The van der Waals surface area contributed by atoms with E-state index in [4.69, 9.17) is 16.6 Å². The van der Waals surface area contributed by atoms with E-state index in [0.29, 0.717) is 18.0 Å². The minimum absolute atomic E-state index is 0.559. The van der Waals surface area contributed by atoms with Gasteiger partial charge in [-0.25, -0.2) is 4.98 Å². The lowest BCUT2D eigenvalue weighted by Gasteiger charge is -2.21. The summed E-state index contributed by atoms with van der Waals surface area (Å²) < 4.78 is 2.37. The molecule has 2 bridgehead atoms. The van der Waals surface area contributed by atoms with Gasteiger partial charge in [0.2, 0.25) is 0 Å². The van der Waals surface area contributed by atoms with Gasteiger partial charge in [-0.15, -0.1) is 0 Å². The van der Waals surface area contributed by atoms with Crippen LogP contribution in [-0.4, -0.2) is 21.6 Å². The number of para-hydroxylation sites is 1. The third-order valence-corrected chi connectivity index (χ3v) is 5.13. The van der Waals surface area contributed by atoms with Crippen LogP contribution in [0, 0.1) is 0 Å². The zero-order valence-electron chi connectivity index (χ0n) is 11.8. The smallest absolute Gasteiger partial charge is 0.114 e. The Kier molecular flexibility index (Phi) is 3.00. The summed E-state index contributed by atoms with van der Waals surface area (Å²) in [4.78, 5) is 4.93. The summed E-state index contributed by atoms with van der Waals surface area (Å²) >= 11 is 6.42. The Hall–Kier alpha value is -1.06. The molecule has 0 aliphatic carbocycles. The molecule has 106 valence electrons. The highest BCUT2D eigenvalue weighted by molar-refractivity contribution is 6.35. The van der Waals surface area contributed by atoms with Crippen LogP contribution >= 0.6 is 11.6 Å². The summed E-state index contributed by atoms with van der Waals surface area (Å²) in [5.41, 5.74) is 2.16. The Morgan fingerprint density at radius 1 is 1.40 bits per heavy atom. The Labute approximate surface area is 124 Å². The molecule has 0 amide bonds. The van der Waals surface area contributed by atoms with E-state index in [2.05, 4.69) is 22.9 Å². The number of imidazole rings is 1. The van der Waals surface area contributed by atoms with Gasteiger partial charge in [0.1, 0.15) is 5.82 Å². The summed E-state index contributed by atoms with van der Waals surface area (Å²) in [7, 11) is 0. The molecule has 2 aliphatic heterocycles. The number of nitrogens with zero attached hydrogens (tertiary/aromatic N) is 2. The maximum Gasteiger partial charge on any atom is 0.114 e. The Balaban J connectivity index is 1.86. The first-order chi connectivity index (χ1) is 9.78. The van der Waals surface area contributed by atoms with Crippen LogP contribution < -0.4 is 5.32 Å². The lowest BCUT2D eigenvalue weighted by atomic mass is 9.88. The zero-order chi connectivity index (χ0) is 13.7. The van der Waals surface area contributed by atoms with Gasteiger partial charge in [-0.05, 0) is 37.8 Å². The van der Waals surface area contributed by atoms with E-state index in [9.17, 15) is 0 Å². The van der Waals surface area contributed by atoms with Crippen LogP contribution in [0.25, 0.3) is 11.0 Å². The second-order valence-corrected chi connectivity index (χ2v) is 6.53. The largest absolute Gasteiger partial charge is 0.326 e. The van der Waals surface area contributed by atoms with Gasteiger partial charge < -0.3 is 9.88 Å². The Morgan fingerprint density at radius 2 is 2.30 bits per heavy atom. The van der Waals surface area contributed by atoms with E-state index < -0.39 is 0 Å². The summed E-state index contributed by atoms with van der Waals surface area (Å²) in [6.45, 7) is 3.22. The number of benzene rings is 1. The molecule has 2 saturated heterocycles. The van der Waals surface area contributed by atoms with Gasteiger partial charge in [0.25, 0.3) is 0 Å². The number of hydrogen-bond donors (Lipinski definition) is 1. The normalized spacial score (nSPS) is 28.6. The quantitative estimate of drug-likeness (QED) is 0.933. The summed E-state index contributed by atoms with van der Waals surface area (Å²) in [6, 6.07) is 7.37. The first-order valence-electron chi connectivity index (χ1n) is 7.68. The molecule has 3 nitrogen and oxygen atoms in total. The van der Waals surface area contributed by atoms with E-state index in [1.165, 1.54) is 25.1 Å². The molecule has 0 saturated carbocycles. The Morgan fingerprint density at radius 3 is 3.00 bits per heavy atom. The van der Waals surface area contributed by atoms with Gasteiger partial charge in [0.15, 0.2) is 0 Å². The molecule has 0 radical (unpaired) electrons. The highest BCUT2D eigenvalue weighted by Crippen LogP contribution is 2.41. The molecule has 0 spiro atoms. The lowest BCUT2D eigenvalue weighted by Crippen LogP contribution is -2.23. The van der Waals surface area contributed by atoms with Crippen molar-refractivity contribution in [1.29, 1.82) is 0 Å². The number of halogens is 1. The fourth-order valence-corrected chi connectivity index (χ4v) is 4.27. The van der Waals surface area contributed by atoms with Crippen LogP contribution in [0.15, 0.2) is 18.2 Å². The molecule has 20 heavy (non-hydrogen) atoms. The second kappa shape index (κ2) is 4.74. The molecule has 3 atom stereocenters. The van der Waals surface area contributed by atoms with E-state index in [1.54, 1.807) is 0 Å². The summed E-state index contributed by atoms with van der Waals surface area (Å²) in [5, 5.41) is 4.54. The molecule has 2 aliphatic rings. The van der Waals surface area contributed by atoms with Gasteiger partial charge in [-0.3, -0.25) is 0 Å². The van der Waals surface area contributed by atoms with E-state index in [0.717, 1.165) is 29.0 Å². The molecule has 3 heterocycles. The first kappa shape index (κ1) is 12.7. The van der Waals surface area contributed by atoms with Gasteiger partial charge >= 0.3 is 0 Å². The van der Waals surface area contributed by atoms with Crippen LogP contribution in [0.5, 0.6) is 0 Å². The number of nitrogens with one attached hydrogen (secondary N) is 1.